The topological polar surface area (TPSA) is 69.0 Å². The van der Waals surface area contributed by atoms with Crippen LogP contribution in [0.2, 0.25) is 0 Å². The molecular formula is C20H26N4O2S. The molecule has 0 bridgehead atoms. The number of amides is 1. The minimum absolute atomic E-state index is 0.0166. The number of carbonyl (C=O) groups excluding carboxylic acids is 1. The van der Waals surface area contributed by atoms with Crippen molar-refractivity contribution >= 4 is 23.4 Å². The number of anilines is 1. The smallest absolute Gasteiger partial charge is 0.234 e. The van der Waals surface area contributed by atoms with E-state index in [1.165, 1.54) is 24.6 Å². The number of hydrogen-bond donors (Lipinski definition) is 1. The molecule has 1 amide bonds. The molecule has 0 unspecified atom stereocenters. The lowest BCUT2D eigenvalue weighted by molar-refractivity contribution is -0.113. The largest absolute Gasteiger partial charge is 0.376 e. The van der Waals surface area contributed by atoms with Crippen LogP contribution >= 0.6 is 11.8 Å². The Morgan fingerprint density at radius 1 is 1.26 bits per heavy atom. The molecule has 2 aliphatic rings. The average Bonchev–Trinajstić information content (AvgIpc) is 3.21. The summed E-state index contributed by atoms with van der Waals surface area (Å²) in [5.41, 5.74) is 3.06. The van der Waals surface area contributed by atoms with E-state index in [0.29, 0.717) is 11.7 Å². The third kappa shape index (κ3) is 4.35. The number of hydrogen-bond acceptors (Lipinski definition) is 5. The van der Waals surface area contributed by atoms with E-state index in [4.69, 9.17) is 4.74 Å². The third-order valence-electron chi connectivity index (χ3n) is 5.18. The Bertz CT molecular complexity index is 805. The van der Waals surface area contributed by atoms with E-state index < -0.39 is 0 Å². The molecule has 2 heterocycles. The summed E-state index contributed by atoms with van der Waals surface area (Å²) >= 11 is 1.46. The molecule has 0 radical (unpaired) electrons. The van der Waals surface area contributed by atoms with Crippen molar-refractivity contribution in [1.82, 2.24) is 14.8 Å². The fraction of sp³-hybridized carbons (Fsp3) is 0.550. The summed E-state index contributed by atoms with van der Waals surface area (Å²) in [6.45, 7) is 5.65. The maximum atomic E-state index is 12.5. The first-order valence-electron chi connectivity index (χ1n) is 9.65. The lowest BCUT2D eigenvalue weighted by Crippen LogP contribution is -2.19. The van der Waals surface area contributed by atoms with Crippen molar-refractivity contribution < 1.29 is 9.53 Å². The molecule has 1 atom stereocenters. The molecule has 1 aromatic heterocycles. The van der Waals surface area contributed by atoms with E-state index in [1.807, 2.05) is 32.0 Å². The number of para-hydroxylation sites is 1. The van der Waals surface area contributed by atoms with Gasteiger partial charge in [0.05, 0.1) is 18.4 Å². The minimum atomic E-state index is -0.0166. The van der Waals surface area contributed by atoms with Gasteiger partial charge in [-0.3, -0.25) is 4.79 Å². The summed E-state index contributed by atoms with van der Waals surface area (Å²) in [5, 5.41) is 12.7. The van der Waals surface area contributed by atoms with Crippen LogP contribution < -0.4 is 5.32 Å². The minimum Gasteiger partial charge on any atom is -0.376 e. The number of nitrogens with one attached hydrogen (secondary N) is 1. The second kappa shape index (κ2) is 8.02. The normalized spacial score (nSPS) is 19.4. The third-order valence-corrected chi connectivity index (χ3v) is 6.14. The zero-order valence-corrected chi connectivity index (χ0v) is 16.7. The predicted molar refractivity (Wildman–Crippen MR) is 106 cm³/mol. The first kappa shape index (κ1) is 18.5. The molecule has 2 aromatic rings. The average molecular weight is 387 g/mol. The number of aromatic nitrogens is 3. The van der Waals surface area contributed by atoms with E-state index in [1.54, 1.807) is 0 Å². The Labute approximate surface area is 164 Å². The molecule has 0 spiro atoms. The fourth-order valence-corrected chi connectivity index (χ4v) is 4.29. The van der Waals surface area contributed by atoms with Crippen LogP contribution in [-0.4, -0.2) is 39.1 Å². The fourth-order valence-electron chi connectivity index (χ4n) is 3.53. The zero-order valence-electron chi connectivity index (χ0n) is 15.9. The Morgan fingerprint density at radius 2 is 2.04 bits per heavy atom. The van der Waals surface area contributed by atoms with Gasteiger partial charge in [0.25, 0.3) is 0 Å². The number of thioether (sulfide) groups is 1. The van der Waals surface area contributed by atoms with Crippen LogP contribution in [0.15, 0.2) is 23.4 Å². The molecule has 1 N–H and O–H groups in total. The highest BCUT2D eigenvalue weighted by molar-refractivity contribution is 7.99. The van der Waals surface area contributed by atoms with Gasteiger partial charge in [0.1, 0.15) is 5.82 Å². The molecule has 6 nitrogen and oxygen atoms in total. The van der Waals surface area contributed by atoms with Crippen molar-refractivity contribution in [3.8, 4) is 0 Å². The number of nitrogens with zero attached hydrogens (tertiary/aromatic N) is 3. The van der Waals surface area contributed by atoms with Gasteiger partial charge in [0.2, 0.25) is 5.91 Å². The molecule has 1 saturated carbocycles. The van der Waals surface area contributed by atoms with Crippen LogP contribution in [0.25, 0.3) is 0 Å². The van der Waals surface area contributed by atoms with Crippen molar-refractivity contribution in [1.29, 1.82) is 0 Å². The van der Waals surface area contributed by atoms with Gasteiger partial charge in [-0.25, -0.2) is 0 Å². The second-order valence-electron chi connectivity index (χ2n) is 7.46. The standard InChI is InChI=1S/C20H26N4O2S/c1-13-5-3-6-14(2)18(13)21-17(25)12-27-20-23-22-19(15-8-9-15)24(20)11-16-7-4-10-26-16/h3,5-6,15-16H,4,7-12H2,1-2H3,(H,21,25)/t16-/m0/s1. The molecule has 2 fully saturated rings. The predicted octanol–water partition coefficient (Wildman–Crippen LogP) is 3.68. The molecule has 1 saturated heterocycles. The van der Waals surface area contributed by atoms with Gasteiger partial charge in [-0.1, -0.05) is 30.0 Å². The van der Waals surface area contributed by atoms with Crippen LogP contribution in [0.5, 0.6) is 0 Å². The highest BCUT2D eigenvalue weighted by Crippen LogP contribution is 2.40. The van der Waals surface area contributed by atoms with Gasteiger partial charge < -0.3 is 14.6 Å². The number of benzene rings is 1. The van der Waals surface area contributed by atoms with Crippen LogP contribution in [-0.2, 0) is 16.1 Å². The molecule has 1 aliphatic carbocycles. The highest BCUT2D eigenvalue weighted by atomic mass is 32.2. The maximum absolute atomic E-state index is 12.5. The monoisotopic (exact) mass is 386 g/mol. The second-order valence-corrected chi connectivity index (χ2v) is 8.41. The van der Waals surface area contributed by atoms with E-state index in [2.05, 4.69) is 20.1 Å². The first-order chi connectivity index (χ1) is 13.1. The molecular weight excluding hydrogens is 360 g/mol. The van der Waals surface area contributed by atoms with Crippen molar-refractivity contribution in [3.63, 3.8) is 0 Å². The van der Waals surface area contributed by atoms with Gasteiger partial charge in [0, 0.05) is 18.2 Å². The Hall–Kier alpha value is -1.86. The van der Waals surface area contributed by atoms with Gasteiger partial charge in [-0.05, 0) is 50.7 Å². The number of rotatable bonds is 7. The lowest BCUT2D eigenvalue weighted by Gasteiger charge is -2.15. The van der Waals surface area contributed by atoms with Crippen molar-refractivity contribution in [3.05, 3.63) is 35.2 Å². The number of carbonyl (C=O) groups is 1. The highest BCUT2D eigenvalue weighted by Gasteiger charge is 2.32. The van der Waals surface area contributed by atoms with Crippen molar-refractivity contribution in [2.45, 2.75) is 63.3 Å². The first-order valence-corrected chi connectivity index (χ1v) is 10.6. The SMILES string of the molecule is Cc1cccc(C)c1NC(=O)CSc1nnc(C2CC2)n1C[C@@H]1CCCO1. The van der Waals surface area contributed by atoms with Crippen LogP contribution in [0.4, 0.5) is 5.69 Å². The maximum Gasteiger partial charge on any atom is 0.234 e. The molecule has 7 heteroatoms. The van der Waals surface area contributed by atoms with E-state index in [0.717, 1.165) is 53.8 Å². The van der Waals surface area contributed by atoms with Gasteiger partial charge >= 0.3 is 0 Å². The zero-order chi connectivity index (χ0) is 18.8. The summed E-state index contributed by atoms with van der Waals surface area (Å²) in [5.74, 6) is 1.89. The van der Waals surface area contributed by atoms with Crippen LogP contribution in [0, 0.1) is 13.8 Å². The lowest BCUT2D eigenvalue weighted by atomic mass is 10.1. The van der Waals surface area contributed by atoms with E-state index in [-0.39, 0.29) is 12.0 Å². The summed E-state index contributed by atoms with van der Waals surface area (Å²) in [7, 11) is 0. The molecule has 1 aliphatic heterocycles. The summed E-state index contributed by atoms with van der Waals surface area (Å²) < 4.78 is 7.99. The quantitative estimate of drug-likeness (QED) is 0.735. The van der Waals surface area contributed by atoms with Gasteiger partial charge in [-0.15, -0.1) is 10.2 Å². The van der Waals surface area contributed by atoms with Crippen LogP contribution in [0.3, 0.4) is 0 Å². The Kier molecular flexibility index (Phi) is 5.50. The Morgan fingerprint density at radius 3 is 2.70 bits per heavy atom. The van der Waals surface area contributed by atoms with Crippen molar-refractivity contribution in [2.24, 2.45) is 0 Å². The van der Waals surface area contributed by atoms with Gasteiger partial charge in [-0.2, -0.15) is 0 Å². The summed E-state index contributed by atoms with van der Waals surface area (Å²) in [6, 6.07) is 6.02. The van der Waals surface area contributed by atoms with E-state index >= 15 is 0 Å². The van der Waals surface area contributed by atoms with Crippen LogP contribution in [0.1, 0.15) is 48.6 Å². The molecule has 1 aromatic carbocycles. The van der Waals surface area contributed by atoms with E-state index in [9.17, 15) is 4.79 Å². The number of ether oxygens (including phenoxy) is 1. The molecule has 4 rings (SSSR count). The van der Waals surface area contributed by atoms with Crippen molar-refractivity contribution in [2.75, 3.05) is 17.7 Å². The summed E-state index contributed by atoms with van der Waals surface area (Å²) in [6.07, 6.45) is 4.80. The molecule has 144 valence electrons. The Balaban J connectivity index is 1.42. The molecule has 27 heavy (non-hydrogen) atoms. The van der Waals surface area contributed by atoms with Gasteiger partial charge in [0.15, 0.2) is 5.16 Å². The number of aryl methyl sites for hydroxylation is 2. The summed E-state index contributed by atoms with van der Waals surface area (Å²) in [4.78, 5) is 12.5.